The summed E-state index contributed by atoms with van der Waals surface area (Å²) in [6.45, 7) is 8.84. The van der Waals surface area contributed by atoms with Crippen LogP contribution in [0.15, 0.2) is 30.3 Å². The van der Waals surface area contributed by atoms with Crippen LogP contribution in [0.5, 0.6) is 0 Å². The maximum atomic E-state index is 13.2. The zero-order valence-electron chi connectivity index (χ0n) is 21.1. The molecule has 1 heterocycles. The third-order valence-electron chi connectivity index (χ3n) is 5.14. The summed E-state index contributed by atoms with van der Waals surface area (Å²) in [5.41, 5.74) is 0.159. The van der Waals surface area contributed by atoms with Gasteiger partial charge in [0, 0.05) is 32.6 Å². The molecule has 0 aliphatic carbocycles. The van der Waals surface area contributed by atoms with Crippen molar-refractivity contribution in [2.24, 2.45) is 0 Å². The van der Waals surface area contributed by atoms with Crippen molar-refractivity contribution in [2.75, 3.05) is 32.8 Å². The highest BCUT2D eigenvalue weighted by atomic mass is 16.6. The summed E-state index contributed by atoms with van der Waals surface area (Å²) in [6.07, 6.45) is -0.403. The van der Waals surface area contributed by atoms with E-state index < -0.39 is 29.8 Å². The average molecular weight is 492 g/mol. The Hall–Kier alpha value is -3.30. The van der Waals surface area contributed by atoms with Gasteiger partial charge in [0.15, 0.2) is 0 Å². The molecular weight excluding hydrogens is 454 g/mol. The lowest BCUT2D eigenvalue weighted by atomic mass is 10.1. The maximum Gasteiger partial charge on any atom is 0.409 e. The standard InChI is InChI=1S/C25H37N3O7/c1-5-17-33-24(32)28-15-13-27(14-16-28)22(30)20(11-12-21(29)35-25(2,3)4)26-23(31)34-18-19-9-7-6-8-10-19/h6-10,20H,5,11-18H2,1-4H3,(H,26,31). The van der Waals surface area contributed by atoms with Crippen LogP contribution in [0.4, 0.5) is 9.59 Å². The first-order valence-electron chi connectivity index (χ1n) is 12.0. The van der Waals surface area contributed by atoms with Crippen molar-refractivity contribution in [3.05, 3.63) is 35.9 Å². The SMILES string of the molecule is CCCOC(=O)N1CCN(C(=O)C(CCC(=O)OC(C)(C)C)NC(=O)OCc2ccccc2)CC1. The zero-order chi connectivity index (χ0) is 25.8. The van der Waals surface area contributed by atoms with Gasteiger partial charge in [-0.1, -0.05) is 37.3 Å². The van der Waals surface area contributed by atoms with E-state index in [2.05, 4.69) is 5.32 Å². The molecule has 0 spiro atoms. The Morgan fingerprint density at radius 1 is 0.971 bits per heavy atom. The minimum atomic E-state index is -0.968. The first-order valence-corrected chi connectivity index (χ1v) is 12.0. The Morgan fingerprint density at radius 3 is 2.20 bits per heavy atom. The fraction of sp³-hybridized carbons (Fsp3) is 0.600. The molecule has 1 aliphatic heterocycles. The van der Waals surface area contributed by atoms with Crippen molar-refractivity contribution >= 4 is 24.1 Å². The van der Waals surface area contributed by atoms with E-state index in [9.17, 15) is 19.2 Å². The van der Waals surface area contributed by atoms with E-state index in [1.807, 2.05) is 37.3 Å². The molecule has 1 saturated heterocycles. The van der Waals surface area contributed by atoms with Crippen molar-refractivity contribution in [2.45, 2.75) is 65.2 Å². The zero-order valence-corrected chi connectivity index (χ0v) is 21.1. The van der Waals surface area contributed by atoms with Crippen LogP contribution in [0.2, 0.25) is 0 Å². The summed E-state index contributed by atoms with van der Waals surface area (Å²) >= 11 is 0. The molecule has 194 valence electrons. The van der Waals surface area contributed by atoms with Gasteiger partial charge >= 0.3 is 18.2 Å². The molecule has 3 amide bonds. The Bertz CT molecular complexity index is 846. The molecule has 0 radical (unpaired) electrons. The van der Waals surface area contributed by atoms with Crippen molar-refractivity contribution in [1.29, 1.82) is 0 Å². The van der Waals surface area contributed by atoms with Crippen LogP contribution in [0.3, 0.4) is 0 Å². The molecule has 2 rings (SSSR count). The number of ether oxygens (including phenoxy) is 3. The van der Waals surface area contributed by atoms with Crippen LogP contribution in [0, 0.1) is 0 Å². The second kappa shape index (κ2) is 13.6. The number of benzene rings is 1. The number of hydrogen-bond donors (Lipinski definition) is 1. The molecule has 1 aromatic rings. The van der Waals surface area contributed by atoms with Gasteiger partial charge in [-0.05, 0) is 39.2 Å². The summed E-state index contributed by atoms with van der Waals surface area (Å²) in [5, 5.41) is 2.60. The fourth-order valence-electron chi connectivity index (χ4n) is 3.43. The predicted molar refractivity (Wildman–Crippen MR) is 128 cm³/mol. The Balaban J connectivity index is 1.96. The van der Waals surface area contributed by atoms with Gasteiger partial charge in [-0.3, -0.25) is 9.59 Å². The molecule has 1 aliphatic rings. The van der Waals surface area contributed by atoms with E-state index in [1.54, 1.807) is 30.6 Å². The largest absolute Gasteiger partial charge is 0.460 e. The molecule has 0 bridgehead atoms. The molecule has 0 saturated carbocycles. The Kier molecular flexibility index (Phi) is 10.8. The topological polar surface area (TPSA) is 114 Å². The van der Waals surface area contributed by atoms with Crippen LogP contribution in [0.25, 0.3) is 0 Å². The van der Waals surface area contributed by atoms with Crippen LogP contribution >= 0.6 is 0 Å². The van der Waals surface area contributed by atoms with E-state index in [1.165, 1.54) is 0 Å². The summed E-state index contributed by atoms with van der Waals surface area (Å²) < 4.78 is 15.7. The summed E-state index contributed by atoms with van der Waals surface area (Å²) in [4.78, 5) is 53.1. The number of hydrogen-bond acceptors (Lipinski definition) is 7. The lowest BCUT2D eigenvalue weighted by molar-refractivity contribution is -0.155. The van der Waals surface area contributed by atoms with E-state index >= 15 is 0 Å². The van der Waals surface area contributed by atoms with Crippen LogP contribution in [-0.4, -0.2) is 78.3 Å². The average Bonchev–Trinajstić information content (AvgIpc) is 2.83. The summed E-state index contributed by atoms with van der Waals surface area (Å²) in [5.74, 6) is -0.801. The smallest absolute Gasteiger partial charge is 0.409 e. The molecular formula is C25H37N3O7. The monoisotopic (exact) mass is 491 g/mol. The molecule has 10 nitrogen and oxygen atoms in total. The number of nitrogens with one attached hydrogen (secondary N) is 1. The first kappa shape index (κ1) is 27.9. The number of alkyl carbamates (subject to hydrolysis) is 1. The van der Waals surface area contributed by atoms with Gasteiger partial charge in [-0.25, -0.2) is 9.59 Å². The normalized spacial score (nSPS) is 14.6. The molecule has 35 heavy (non-hydrogen) atoms. The van der Waals surface area contributed by atoms with Crippen LogP contribution < -0.4 is 5.32 Å². The molecule has 0 aromatic heterocycles. The molecule has 1 N–H and O–H groups in total. The molecule has 1 atom stereocenters. The van der Waals surface area contributed by atoms with Gasteiger partial charge in [0.05, 0.1) is 6.61 Å². The number of carbonyl (C=O) groups is 4. The number of carbonyl (C=O) groups excluding carboxylic acids is 4. The third kappa shape index (κ3) is 10.2. The number of esters is 1. The minimum absolute atomic E-state index is 0.0457. The Labute approximate surface area is 206 Å². The molecule has 10 heteroatoms. The number of piperazine rings is 1. The number of rotatable bonds is 9. The van der Waals surface area contributed by atoms with Gasteiger partial charge in [-0.2, -0.15) is 0 Å². The molecule has 1 aromatic carbocycles. The number of amides is 3. The third-order valence-corrected chi connectivity index (χ3v) is 5.14. The lowest BCUT2D eigenvalue weighted by Crippen LogP contribution is -2.56. The highest BCUT2D eigenvalue weighted by Crippen LogP contribution is 2.13. The highest BCUT2D eigenvalue weighted by Gasteiger charge is 2.31. The second-order valence-corrected chi connectivity index (χ2v) is 9.31. The quantitative estimate of drug-likeness (QED) is 0.417. The van der Waals surface area contributed by atoms with Gasteiger partial charge < -0.3 is 29.3 Å². The highest BCUT2D eigenvalue weighted by molar-refractivity contribution is 5.86. The van der Waals surface area contributed by atoms with Gasteiger partial charge in [0.25, 0.3) is 0 Å². The van der Waals surface area contributed by atoms with Crippen molar-refractivity contribution in [3.8, 4) is 0 Å². The van der Waals surface area contributed by atoms with Crippen molar-refractivity contribution < 1.29 is 33.4 Å². The van der Waals surface area contributed by atoms with Gasteiger partial charge in [0.1, 0.15) is 18.2 Å². The fourth-order valence-corrected chi connectivity index (χ4v) is 3.43. The van der Waals surface area contributed by atoms with E-state index in [-0.39, 0.29) is 25.4 Å². The second-order valence-electron chi connectivity index (χ2n) is 9.31. The maximum absolute atomic E-state index is 13.2. The van der Waals surface area contributed by atoms with E-state index in [0.717, 1.165) is 12.0 Å². The van der Waals surface area contributed by atoms with Gasteiger partial charge in [0.2, 0.25) is 5.91 Å². The molecule has 1 unspecified atom stereocenters. The van der Waals surface area contributed by atoms with E-state index in [0.29, 0.717) is 32.8 Å². The van der Waals surface area contributed by atoms with Crippen molar-refractivity contribution in [1.82, 2.24) is 15.1 Å². The molecule has 1 fully saturated rings. The number of nitrogens with zero attached hydrogens (tertiary/aromatic N) is 2. The summed E-state index contributed by atoms with van der Waals surface area (Å²) in [6, 6.07) is 8.21. The van der Waals surface area contributed by atoms with Crippen LogP contribution in [-0.2, 0) is 30.4 Å². The Morgan fingerprint density at radius 2 is 1.60 bits per heavy atom. The van der Waals surface area contributed by atoms with Crippen LogP contribution in [0.1, 0.15) is 52.5 Å². The minimum Gasteiger partial charge on any atom is -0.460 e. The first-order chi connectivity index (χ1) is 16.6. The van der Waals surface area contributed by atoms with Gasteiger partial charge in [-0.15, -0.1) is 0 Å². The van der Waals surface area contributed by atoms with Crippen molar-refractivity contribution in [3.63, 3.8) is 0 Å². The predicted octanol–water partition coefficient (Wildman–Crippen LogP) is 3.09. The lowest BCUT2D eigenvalue weighted by Gasteiger charge is -2.36. The van der Waals surface area contributed by atoms with E-state index in [4.69, 9.17) is 14.2 Å². The summed E-state index contributed by atoms with van der Waals surface area (Å²) in [7, 11) is 0.